The number of hydrogen-bond acceptors (Lipinski definition) is 3. The van der Waals surface area contributed by atoms with Crippen LogP contribution in [0, 0.1) is 13.8 Å². The van der Waals surface area contributed by atoms with E-state index >= 15 is 0 Å². The molecule has 1 heterocycles. The second-order valence-corrected chi connectivity index (χ2v) is 7.30. The smallest absolute Gasteiger partial charge is 0.261 e. The third kappa shape index (κ3) is 3.14. The molecular weight excluding hydrogens is 324 g/mol. The van der Waals surface area contributed by atoms with E-state index in [-0.39, 0.29) is 10.6 Å². The molecule has 24 heavy (non-hydrogen) atoms. The van der Waals surface area contributed by atoms with E-state index in [9.17, 15) is 13.5 Å². The lowest BCUT2D eigenvalue weighted by atomic mass is 10.2. The van der Waals surface area contributed by atoms with Crippen molar-refractivity contribution in [1.82, 2.24) is 4.57 Å². The summed E-state index contributed by atoms with van der Waals surface area (Å²) in [5.74, 6) is 0.0233. The van der Waals surface area contributed by atoms with E-state index in [1.807, 2.05) is 48.9 Å². The van der Waals surface area contributed by atoms with Crippen LogP contribution in [0.2, 0.25) is 0 Å². The van der Waals surface area contributed by atoms with Crippen molar-refractivity contribution in [3.05, 3.63) is 72.1 Å². The quantitative estimate of drug-likeness (QED) is 0.761. The van der Waals surface area contributed by atoms with Crippen LogP contribution >= 0.6 is 0 Å². The fraction of sp³-hybridized carbons (Fsp3) is 0.111. The summed E-state index contributed by atoms with van der Waals surface area (Å²) in [6.07, 6.45) is 1.93. The van der Waals surface area contributed by atoms with Crippen LogP contribution in [0.25, 0.3) is 5.69 Å². The summed E-state index contributed by atoms with van der Waals surface area (Å²) in [7, 11) is -3.72. The van der Waals surface area contributed by atoms with Gasteiger partial charge < -0.3 is 9.67 Å². The number of aromatic hydroxyl groups is 1. The molecule has 5 nitrogen and oxygen atoms in total. The standard InChI is InChI=1S/C18H18N2O3S/c1-13-5-6-15(20-11-3-4-14(20)2)12-18(13)19-24(22,23)17-9-7-16(21)8-10-17/h3-12,19,21H,1-2H3. The molecule has 1 aromatic heterocycles. The molecule has 124 valence electrons. The van der Waals surface area contributed by atoms with Gasteiger partial charge in [-0.2, -0.15) is 0 Å². The van der Waals surface area contributed by atoms with Gasteiger partial charge in [0.05, 0.1) is 10.6 Å². The maximum absolute atomic E-state index is 12.5. The number of aromatic nitrogens is 1. The summed E-state index contributed by atoms with van der Waals surface area (Å²) in [6, 6.07) is 15.0. The van der Waals surface area contributed by atoms with Crippen molar-refractivity contribution in [3.8, 4) is 11.4 Å². The van der Waals surface area contributed by atoms with Gasteiger partial charge in [0.1, 0.15) is 5.75 Å². The second-order valence-electron chi connectivity index (χ2n) is 5.62. The minimum absolute atomic E-state index is 0.0233. The maximum atomic E-state index is 12.5. The van der Waals surface area contributed by atoms with Gasteiger partial charge in [0.25, 0.3) is 10.0 Å². The molecule has 3 aromatic rings. The topological polar surface area (TPSA) is 71.3 Å². The van der Waals surface area contributed by atoms with Crippen LogP contribution in [-0.4, -0.2) is 18.1 Å². The van der Waals surface area contributed by atoms with Crippen molar-refractivity contribution >= 4 is 15.7 Å². The van der Waals surface area contributed by atoms with Crippen molar-refractivity contribution in [1.29, 1.82) is 0 Å². The Balaban J connectivity index is 1.98. The zero-order valence-electron chi connectivity index (χ0n) is 13.4. The molecule has 0 amide bonds. The van der Waals surface area contributed by atoms with Crippen molar-refractivity contribution in [3.63, 3.8) is 0 Å². The molecule has 0 saturated carbocycles. The van der Waals surface area contributed by atoms with Gasteiger partial charge in [-0.05, 0) is 67.9 Å². The molecule has 2 N–H and O–H groups in total. The Morgan fingerprint density at radius 1 is 1.00 bits per heavy atom. The third-order valence-electron chi connectivity index (χ3n) is 3.84. The van der Waals surface area contributed by atoms with Gasteiger partial charge in [0, 0.05) is 17.6 Å². The van der Waals surface area contributed by atoms with Gasteiger partial charge in [-0.1, -0.05) is 6.07 Å². The first-order valence-corrected chi connectivity index (χ1v) is 8.92. The van der Waals surface area contributed by atoms with Gasteiger partial charge in [0.2, 0.25) is 0 Å². The molecule has 0 radical (unpaired) electrons. The van der Waals surface area contributed by atoms with E-state index in [4.69, 9.17) is 0 Å². The first-order valence-electron chi connectivity index (χ1n) is 7.44. The molecule has 0 spiro atoms. The van der Waals surface area contributed by atoms with Crippen molar-refractivity contribution < 1.29 is 13.5 Å². The van der Waals surface area contributed by atoms with Gasteiger partial charge in [0.15, 0.2) is 0 Å². The molecule has 3 rings (SSSR count). The second kappa shape index (κ2) is 6.05. The maximum Gasteiger partial charge on any atom is 0.261 e. The monoisotopic (exact) mass is 342 g/mol. The largest absolute Gasteiger partial charge is 0.508 e. The van der Waals surface area contributed by atoms with Crippen LogP contribution in [0.4, 0.5) is 5.69 Å². The van der Waals surface area contributed by atoms with Gasteiger partial charge in [-0.15, -0.1) is 0 Å². The molecule has 6 heteroatoms. The van der Waals surface area contributed by atoms with Crippen LogP contribution in [-0.2, 0) is 10.0 Å². The molecule has 0 fully saturated rings. The minimum Gasteiger partial charge on any atom is -0.508 e. The van der Waals surface area contributed by atoms with E-state index in [2.05, 4.69) is 4.72 Å². The molecule has 0 aliphatic carbocycles. The highest BCUT2D eigenvalue weighted by Crippen LogP contribution is 2.24. The lowest BCUT2D eigenvalue weighted by Gasteiger charge is -2.14. The highest BCUT2D eigenvalue weighted by molar-refractivity contribution is 7.92. The third-order valence-corrected chi connectivity index (χ3v) is 5.22. The fourth-order valence-electron chi connectivity index (χ4n) is 2.45. The molecule has 0 bridgehead atoms. The zero-order chi connectivity index (χ0) is 17.3. The van der Waals surface area contributed by atoms with E-state index in [0.717, 1.165) is 16.9 Å². The normalized spacial score (nSPS) is 11.4. The molecule has 0 unspecified atom stereocenters. The Hall–Kier alpha value is -2.73. The van der Waals surface area contributed by atoms with Crippen LogP contribution in [0.15, 0.2) is 65.7 Å². The first kappa shape index (κ1) is 16.1. The molecule has 0 aliphatic rings. The lowest BCUT2D eigenvalue weighted by Crippen LogP contribution is -2.14. The van der Waals surface area contributed by atoms with Crippen molar-refractivity contribution in [2.24, 2.45) is 0 Å². The summed E-state index contributed by atoms with van der Waals surface area (Å²) in [4.78, 5) is 0.0993. The van der Waals surface area contributed by atoms with Crippen molar-refractivity contribution in [2.45, 2.75) is 18.7 Å². The number of phenolic OH excluding ortho intramolecular Hbond substituents is 1. The number of sulfonamides is 1. The average molecular weight is 342 g/mol. The number of rotatable bonds is 4. The van der Waals surface area contributed by atoms with Crippen LogP contribution in [0.3, 0.4) is 0 Å². The summed E-state index contributed by atoms with van der Waals surface area (Å²) in [5, 5.41) is 9.31. The van der Waals surface area contributed by atoms with Crippen LogP contribution < -0.4 is 4.72 Å². The lowest BCUT2D eigenvalue weighted by molar-refractivity contribution is 0.475. The molecular formula is C18H18N2O3S. The zero-order valence-corrected chi connectivity index (χ0v) is 14.2. The first-order chi connectivity index (χ1) is 11.4. The highest BCUT2D eigenvalue weighted by Gasteiger charge is 2.16. The Morgan fingerprint density at radius 2 is 1.71 bits per heavy atom. The summed E-state index contributed by atoms with van der Waals surface area (Å²) >= 11 is 0. The number of nitrogens with one attached hydrogen (secondary N) is 1. The Bertz CT molecular complexity index is 974. The van der Waals surface area contributed by atoms with Crippen molar-refractivity contribution in [2.75, 3.05) is 4.72 Å². The van der Waals surface area contributed by atoms with Gasteiger partial charge >= 0.3 is 0 Å². The number of aryl methyl sites for hydroxylation is 2. The van der Waals surface area contributed by atoms with Gasteiger partial charge in [-0.3, -0.25) is 4.72 Å². The number of hydrogen-bond donors (Lipinski definition) is 2. The predicted molar refractivity (Wildman–Crippen MR) is 94.2 cm³/mol. The number of anilines is 1. The highest BCUT2D eigenvalue weighted by atomic mass is 32.2. The Kier molecular flexibility index (Phi) is 4.07. The predicted octanol–water partition coefficient (Wildman–Crippen LogP) is 3.60. The fourth-order valence-corrected chi connectivity index (χ4v) is 3.58. The Labute approximate surface area is 141 Å². The van der Waals surface area contributed by atoms with E-state index in [1.54, 1.807) is 6.07 Å². The molecule has 0 aliphatic heterocycles. The van der Waals surface area contributed by atoms with E-state index in [1.165, 1.54) is 24.3 Å². The Morgan fingerprint density at radius 3 is 2.33 bits per heavy atom. The molecule has 0 saturated heterocycles. The number of phenols is 1. The van der Waals surface area contributed by atoms with Crippen LogP contribution in [0.1, 0.15) is 11.3 Å². The van der Waals surface area contributed by atoms with E-state index in [0.29, 0.717) is 5.69 Å². The average Bonchev–Trinajstić information content (AvgIpc) is 2.96. The van der Waals surface area contributed by atoms with Crippen LogP contribution in [0.5, 0.6) is 5.75 Å². The van der Waals surface area contributed by atoms with E-state index < -0.39 is 10.0 Å². The summed E-state index contributed by atoms with van der Waals surface area (Å²) < 4.78 is 29.7. The summed E-state index contributed by atoms with van der Waals surface area (Å²) in [6.45, 7) is 3.83. The van der Waals surface area contributed by atoms with Gasteiger partial charge in [-0.25, -0.2) is 8.42 Å². The minimum atomic E-state index is -3.72. The number of nitrogens with zero attached hydrogens (tertiary/aromatic N) is 1. The SMILES string of the molecule is Cc1ccc(-n2cccc2C)cc1NS(=O)(=O)c1ccc(O)cc1. The number of benzene rings is 2. The summed E-state index contributed by atoms with van der Waals surface area (Å²) in [5.41, 5.74) is 3.29. The molecule has 2 aromatic carbocycles. The molecule has 0 atom stereocenters.